The fraction of sp³-hybridized carbons (Fsp3) is 0.471. The standard InChI is InChI=1S/C51H61N10O18P3/c1-57(48(65)31-13-4-3-12-30(31)38-34-24-28-10-5-20-59-22-7-14-32(39(28)59)43(34)76-44-33-15-8-23-60-21-6-11-29(40(33)60)25-35(38)44)19-9-16-37(62)53-17-18-54-51(66)77-45-36(26-74-81(70,71)79-82(72,73)78-80(67,68)69)75-49(42(45)63)61-27-58(2)41-46(61)55-50(52)56-47(41)64/h3-4,12-13,24-25,27,36,42,45,49,63H,5-11,14-23,26H2,1-2H3,(H7-2,52,53,54,55,56,62,64,66,67,68,69,70,71,72,73)/p+2/t36-,42-,45-,49-/m1/s1. The summed E-state index contributed by atoms with van der Waals surface area (Å²) in [7, 11) is -14.2. The Bertz CT molecular complexity index is 3790. The minimum atomic E-state index is -5.92. The molecule has 11 rings (SSSR count). The number of aliphatic hydroxyl groups is 1. The Kier molecular flexibility index (Phi) is 15.9. The van der Waals surface area contributed by atoms with Crippen molar-refractivity contribution in [1.82, 2.24) is 34.6 Å². The Morgan fingerprint density at radius 3 is 2.41 bits per heavy atom. The zero-order valence-electron chi connectivity index (χ0n) is 44.7. The summed E-state index contributed by atoms with van der Waals surface area (Å²) in [6.07, 6.45) is 1.51. The fourth-order valence-corrected chi connectivity index (χ4v) is 15.3. The maximum atomic E-state index is 14.7. The Labute approximate surface area is 467 Å². The molecule has 6 atom stereocenters. The molecule has 2 unspecified atom stereocenters. The lowest BCUT2D eigenvalue weighted by Gasteiger charge is -2.39. The van der Waals surface area contributed by atoms with Gasteiger partial charge in [-0.3, -0.25) is 28.5 Å². The van der Waals surface area contributed by atoms with Crippen molar-refractivity contribution in [3.63, 3.8) is 0 Å². The van der Waals surface area contributed by atoms with Crippen LogP contribution in [0.15, 0.2) is 47.5 Å². The number of phosphoric ester groups is 1. The summed E-state index contributed by atoms with van der Waals surface area (Å²) in [6, 6.07) is 12.4. The first kappa shape index (κ1) is 57.4. The normalized spacial score (nSPS) is 21.3. The molecule has 0 spiro atoms. The third-order valence-corrected chi connectivity index (χ3v) is 19.3. The SMILES string of the molecule is CN(CCCC(=O)NCCNC(=O)O[C@H]1[C@@H](O)[C@H]([n+]2cn(C)c3c(=O)[nH]c(N)nc32)O[C@@H]1COP(=O)(O)OP(=O)(O)OP(=O)(O)O)C(=O)c1ccccc1C1=c2cc3c4c(c2Oc2c1cc1c5c2CCCN5CCC1)CCC[N+]=4CCC3. The van der Waals surface area contributed by atoms with Gasteiger partial charge in [0.25, 0.3) is 17.4 Å². The van der Waals surface area contributed by atoms with E-state index in [2.05, 4.69) is 50.8 Å². The average molecular weight is 1200 g/mol. The minimum Gasteiger partial charge on any atom is -0.455 e. The zero-order valence-corrected chi connectivity index (χ0v) is 47.4. The number of aromatic amines is 1. The van der Waals surface area contributed by atoms with Crippen LogP contribution in [0.2, 0.25) is 0 Å². The van der Waals surface area contributed by atoms with Gasteiger partial charge in [-0.1, -0.05) is 23.2 Å². The molecule has 6 aliphatic heterocycles. The van der Waals surface area contributed by atoms with Gasteiger partial charge in [-0.05, 0) is 74.3 Å². The van der Waals surface area contributed by atoms with E-state index in [1.165, 1.54) is 51.2 Å². The summed E-state index contributed by atoms with van der Waals surface area (Å²) < 4.78 is 71.5. The van der Waals surface area contributed by atoms with Crippen LogP contribution in [0.1, 0.15) is 88.5 Å². The number of rotatable bonds is 18. The van der Waals surface area contributed by atoms with Crippen LogP contribution < -0.4 is 51.3 Å². The van der Waals surface area contributed by atoms with Crippen LogP contribution >= 0.6 is 23.5 Å². The molecular weight excluding hydrogens is 1130 g/mol. The number of benzene rings is 3. The van der Waals surface area contributed by atoms with Crippen molar-refractivity contribution < 1.29 is 84.7 Å². The van der Waals surface area contributed by atoms with E-state index in [1.807, 2.05) is 24.3 Å². The molecule has 0 radical (unpaired) electrons. The number of imidazole rings is 1. The number of nitrogen functional groups attached to an aromatic ring is 1. The van der Waals surface area contributed by atoms with E-state index in [4.69, 9.17) is 34.3 Å². The van der Waals surface area contributed by atoms with E-state index in [9.17, 15) is 47.8 Å². The number of carbonyl (C=O) groups excluding carboxylic acids is 3. The molecule has 28 nitrogen and oxygen atoms in total. The van der Waals surface area contributed by atoms with Gasteiger partial charge in [-0.25, -0.2) is 27.6 Å². The van der Waals surface area contributed by atoms with Crippen molar-refractivity contribution in [1.29, 1.82) is 0 Å². The summed E-state index contributed by atoms with van der Waals surface area (Å²) in [5.74, 6) is 0.890. The number of hydrogen-bond acceptors (Lipinski definition) is 17. The number of nitrogens with zero attached hydrogens (tertiary/aromatic N) is 6. The van der Waals surface area contributed by atoms with Gasteiger partial charge in [0.05, 0.1) is 19.2 Å². The van der Waals surface area contributed by atoms with Crippen molar-refractivity contribution >= 4 is 69.7 Å². The molecular formula is C51H63N10O18P3+2. The highest BCUT2D eigenvalue weighted by molar-refractivity contribution is 7.66. The Hall–Kier alpha value is -6.38. The minimum absolute atomic E-state index is 0.0253. The molecule has 1 fully saturated rings. The number of ether oxygens (including phenoxy) is 3. The van der Waals surface area contributed by atoms with Crippen molar-refractivity contribution in [2.24, 2.45) is 7.05 Å². The van der Waals surface area contributed by atoms with Gasteiger partial charge in [0.1, 0.15) is 30.7 Å². The molecule has 10 N–H and O–H groups in total. The molecule has 5 aromatic rings. The average Bonchev–Trinajstić information content (AvgIpc) is 2.57. The number of carbonyl (C=O) groups is 3. The Morgan fingerprint density at radius 2 is 1.63 bits per heavy atom. The second-order valence-corrected chi connectivity index (χ2v) is 25.5. The smallest absolute Gasteiger partial charge is 0.455 e. The molecule has 8 heterocycles. The maximum absolute atomic E-state index is 14.7. The molecule has 1 saturated heterocycles. The van der Waals surface area contributed by atoms with E-state index in [-0.39, 0.29) is 55.0 Å². The van der Waals surface area contributed by atoms with Crippen LogP contribution in [0.25, 0.3) is 16.7 Å². The summed E-state index contributed by atoms with van der Waals surface area (Å²) in [4.78, 5) is 102. The first-order valence-corrected chi connectivity index (χ1v) is 31.4. The number of fused-ring (bicyclic) bond motifs is 5. The lowest BCUT2D eigenvalue weighted by molar-refractivity contribution is -0.745. The molecule has 31 heteroatoms. The number of alkyl carbamates (subject to hydrolysis) is 1. The summed E-state index contributed by atoms with van der Waals surface area (Å²) in [5, 5.41) is 18.9. The van der Waals surface area contributed by atoms with Crippen molar-refractivity contribution in [2.45, 2.75) is 88.7 Å². The highest BCUT2D eigenvalue weighted by Crippen LogP contribution is 2.66. The number of hydrogen-bond donors (Lipinski definition) is 9. The van der Waals surface area contributed by atoms with Crippen LogP contribution in [-0.4, -0.2) is 140 Å². The lowest BCUT2D eigenvalue weighted by atomic mass is 9.81. The van der Waals surface area contributed by atoms with Gasteiger partial charge in [0.15, 0.2) is 18.5 Å². The first-order chi connectivity index (χ1) is 39.0. The van der Waals surface area contributed by atoms with Crippen LogP contribution in [0.3, 0.4) is 0 Å². The predicted octanol–water partition coefficient (Wildman–Crippen LogP) is 0.932. The number of nitrogens with two attached hydrogens (primary N) is 1. The molecule has 82 heavy (non-hydrogen) atoms. The summed E-state index contributed by atoms with van der Waals surface area (Å²) in [5.41, 5.74) is 14.8. The molecule has 3 amide bonds. The van der Waals surface area contributed by atoms with E-state index in [0.717, 1.165) is 116 Å². The van der Waals surface area contributed by atoms with Gasteiger partial charge in [0.2, 0.25) is 23.0 Å². The monoisotopic (exact) mass is 1200 g/mol. The van der Waals surface area contributed by atoms with Gasteiger partial charge < -0.3 is 65.1 Å². The Balaban J connectivity index is 0.740. The van der Waals surface area contributed by atoms with Crippen LogP contribution in [0, 0.1) is 0 Å². The van der Waals surface area contributed by atoms with Crippen molar-refractivity contribution in [2.75, 3.05) is 70.1 Å². The number of phosphoric acid groups is 3. The van der Waals surface area contributed by atoms with Gasteiger partial charge in [-0.15, -0.1) is 0 Å². The summed E-state index contributed by atoms with van der Waals surface area (Å²) in [6.45, 7) is 2.90. The largest absolute Gasteiger partial charge is 0.490 e. The zero-order chi connectivity index (χ0) is 58.0. The van der Waals surface area contributed by atoms with Gasteiger partial charge in [0, 0.05) is 97.8 Å². The maximum Gasteiger partial charge on any atom is 0.490 e. The van der Waals surface area contributed by atoms with Crippen molar-refractivity contribution in [3.05, 3.63) is 103 Å². The molecule has 3 aromatic carbocycles. The second-order valence-electron chi connectivity index (χ2n) is 21.1. The van der Waals surface area contributed by atoms with E-state index in [1.54, 1.807) is 11.9 Å². The third-order valence-electron chi connectivity index (χ3n) is 15.5. The second kappa shape index (κ2) is 22.7. The predicted molar refractivity (Wildman–Crippen MR) is 290 cm³/mol. The van der Waals surface area contributed by atoms with E-state index < -0.39 is 66.3 Å². The number of aryl methyl sites for hydroxylation is 3. The number of aromatic nitrogens is 4. The molecule has 0 bridgehead atoms. The molecule has 0 saturated carbocycles. The van der Waals surface area contributed by atoms with Crippen LogP contribution in [-0.2, 0) is 73.8 Å². The number of aliphatic hydroxyl groups excluding tert-OH is 1. The number of nitrogens with one attached hydrogen (secondary N) is 3. The third kappa shape index (κ3) is 11.5. The van der Waals surface area contributed by atoms with E-state index in [0.29, 0.717) is 12.0 Å². The van der Waals surface area contributed by atoms with Gasteiger partial charge in [-0.2, -0.15) is 8.62 Å². The van der Waals surface area contributed by atoms with Crippen LogP contribution in [0.4, 0.5) is 16.4 Å². The molecule has 0 aliphatic carbocycles. The molecule has 438 valence electrons. The van der Waals surface area contributed by atoms with Gasteiger partial charge >= 0.3 is 35.2 Å². The number of anilines is 2. The Morgan fingerprint density at radius 1 is 0.915 bits per heavy atom. The highest BCUT2D eigenvalue weighted by atomic mass is 31.3. The molecule has 6 aliphatic rings. The fourth-order valence-electron chi connectivity index (χ4n) is 12.3. The first-order valence-electron chi connectivity index (χ1n) is 26.9. The number of amides is 3. The summed E-state index contributed by atoms with van der Waals surface area (Å²) >= 11 is 0. The van der Waals surface area contributed by atoms with E-state index >= 15 is 0 Å². The lowest BCUT2D eigenvalue weighted by Crippen LogP contribution is -2.47. The van der Waals surface area contributed by atoms with Crippen LogP contribution in [0.5, 0.6) is 11.5 Å². The molecule has 2 aromatic heterocycles. The number of H-pyrrole nitrogens is 1. The van der Waals surface area contributed by atoms with Crippen molar-refractivity contribution in [3.8, 4) is 11.5 Å². The highest BCUT2D eigenvalue weighted by Gasteiger charge is 2.52. The topological polar surface area (TPSA) is 373 Å². The quantitative estimate of drug-likeness (QED) is 0.0328.